The molecule has 0 spiro atoms. The monoisotopic (exact) mass is 317 g/mol. The van der Waals surface area contributed by atoms with Crippen molar-refractivity contribution in [3.05, 3.63) is 70.7 Å². The molecule has 0 aliphatic rings. The Hall–Kier alpha value is -2.66. The fourth-order valence-corrected chi connectivity index (χ4v) is 1.75. The first-order valence-electron chi connectivity index (χ1n) is 6.38. The number of benzene rings is 2. The molecule has 0 bridgehead atoms. The first kappa shape index (κ1) is 15.7. The number of ether oxygens (including phenoxy) is 1. The number of carbonyl (C=O) groups is 3. The van der Waals surface area contributed by atoms with Gasteiger partial charge in [0.25, 0.3) is 11.8 Å². The van der Waals surface area contributed by atoms with Crippen LogP contribution >= 0.6 is 11.6 Å². The van der Waals surface area contributed by atoms with Gasteiger partial charge in [-0.25, -0.2) is 4.79 Å². The van der Waals surface area contributed by atoms with Gasteiger partial charge in [0.1, 0.15) is 0 Å². The van der Waals surface area contributed by atoms with Gasteiger partial charge in [0.15, 0.2) is 6.61 Å². The van der Waals surface area contributed by atoms with Crippen molar-refractivity contribution in [1.29, 1.82) is 0 Å². The normalized spacial score (nSPS) is 9.86. The highest BCUT2D eigenvalue weighted by Gasteiger charge is 2.13. The number of carbonyl (C=O) groups excluding carboxylic acids is 3. The van der Waals surface area contributed by atoms with Crippen LogP contribution < -0.4 is 5.32 Å². The predicted octanol–water partition coefficient (Wildman–Crippen LogP) is 2.45. The molecule has 0 aliphatic heterocycles. The number of imide groups is 1. The summed E-state index contributed by atoms with van der Waals surface area (Å²) in [5.41, 5.74) is 0.617. The molecule has 0 atom stereocenters. The number of hydrogen-bond acceptors (Lipinski definition) is 4. The summed E-state index contributed by atoms with van der Waals surface area (Å²) in [5, 5.41) is 2.62. The molecule has 6 heteroatoms. The molecular weight excluding hydrogens is 306 g/mol. The van der Waals surface area contributed by atoms with E-state index in [1.54, 1.807) is 30.3 Å². The summed E-state index contributed by atoms with van der Waals surface area (Å²) < 4.78 is 4.82. The molecule has 0 saturated carbocycles. The molecule has 112 valence electrons. The average Bonchev–Trinajstić information content (AvgIpc) is 2.54. The van der Waals surface area contributed by atoms with Gasteiger partial charge >= 0.3 is 5.97 Å². The smallest absolute Gasteiger partial charge is 0.338 e. The Morgan fingerprint density at radius 3 is 2.18 bits per heavy atom. The van der Waals surface area contributed by atoms with Crippen LogP contribution in [-0.4, -0.2) is 24.4 Å². The second-order valence-electron chi connectivity index (χ2n) is 4.33. The van der Waals surface area contributed by atoms with E-state index in [9.17, 15) is 14.4 Å². The van der Waals surface area contributed by atoms with Crippen molar-refractivity contribution in [2.45, 2.75) is 0 Å². The number of hydrogen-bond donors (Lipinski definition) is 1. The number of rotatable bonds is 4. The quantitative estimate of drug-likeness (QED) is 0.879. The van der Waals surface area contributed by atoms with Crippen molar-refractivity contribution >= 4 is 29.4 Å². The molecule has 1 N–H and O–H groups in total. The molecular formula is C16H12ClNO4. The van der Waals surface area contributed by atoms with E-state index in [2.05, 4.69) is 5.32 Å². The Labute approximate surface area is 131 Å². The van der Waals surface area contributed by atoms with Crippen LogP contribution in [0.5, 0.6) is 0 Å². The fraction of sp³-hybridized carbons (Fsp3) is 0.0625. The number of halogens is 1. The first-order valence-corrected chi connectivity index (χ1v) is 6.76. The zero-order valence-electron chi connectivity index (χ0n) is 11.4. The highest BCUT2D eigenvalue weighted by Crippen LogP contribution is 2.10. The van der Waals surface area contributed by atoms with Crippen molar-refractivity contribution in [2.24, 2.45) is 0 Å². The second kappa shape index (κ2) is 7.38. The van der Waals surface area contributed by atoms with Gasteiger partial charge in [-0.15, -0.1) is 0 Å². The maximum absolute atomic E-state index is 11.7. The Morgan fingerprint density at radius 1 is 0.909 bits per heavy atom. The zero-order valence-corrected chi connectivity index (χ0v) is 12.2. The maximum atomic E-state index is 11.7. The molecule has 2 aromatic carbocycles. The lowest BCUT2D eigenvalue weighted by Gasteiger charge is -2.06. The van der Waals surface area contributed by atoms with E-state index >= 15 is 0 Å². The molecule has 0 heterocycles. The number of esters is 1. The lowest BCUT2D eigenvalue weighted by molar-refractivity contribution is -0.123. The lowest BCUT2D eigenvalue weighted by Crippen LogP contribution is -2.34. The SMILES string of the molecule is O=C(COC(=O)c1ccc(Cl)cc1)NC(=O)c1ccccc1. The van der Waals surface area contributed by atoms with Gasteiger partial charge in [-0.3, -0.25) is 14.9 Å². The predicted molar refractivity (Wildman–Crippen MR) is 80.6 cm³/mol. The van der Waals surface area contributed by atoms with E-state index in [1.807, 2.05) is 0 Å². The minimum atomic E-state index is -0.698. The standard InChI is InChI=1S/C16H12ClNO4/c17-13-8-6-12(7-9-13)16(21)22-10-14(19)18-15(20)11-4-2-1-3-5-11/h1-9H,10H2,(H,18,19,20). The second-order valence-corrected chi connectivity index (χ2v) is 4.76. The molecule has 2 aromatic rings. The van der Waals surface area contributed by atoms with Crippen LogP contribution in [0.4, 0.5) is 0 Å². The van der Waals surface area contributed by atoms with Crippen LogP contribution in [0.25, 0.3) is 0 Å². The molecule has 0 unspecified atom stereocenters. The van der Waals surface area contributed by atoms with Crippen LogP contribution in [0.3, 0.4) is 0 Å². The van der Waals surface area contributed by atoms with E-state index in [1.165, 1.54) is 24.3 Å². The molecule has 0 radical (unpaired) electrons. The molecule has 2 rings (SSSR count). The van der Waals surface area contributed by atoms with Crippen LogP contribution in [0.1, 0.15) is 20.7 Å². The minimum absolute atomic E-state index is 0.270. The van der Waals surface area contributed by atoms with Crippen LogP contribution in [0.15, 0.2) is 54.6 Å². The van der Waals surface area contributed by atoms with Gasteiger partial charge < -0.3 is 4.74 Å². The van der Waals surface area contributed by atoms with Gasteiger partial charge in [0.2, 0.25) is 0 Å². The zero-order chi connectivity index (χ0) is 15.9. The third kappa shape index (κ3) is 4.43. The summed E-state index contributed by atoms with van der Waals surface area (Å²) in [6.45, 7) is -0.542. The van der Waals surface area contributed by atoms with E-state index in [0.717, 1.165) is 0 Å². The summed E-state index contributed by atoms with van der Waals surface area (Å²) in [7, 11) is 0. The van der Waals surface area contributed by atoms with Gasteiger partial charge in [-0.1, -0.05) is 29.8 Å². The Morgan fingerprint density at radius 2 is 1.55 bits per heavy atom. The summed E-state index contributed by atoms with van der Waals surface area (Å²) >= 11 is 5.71. The van der Waals surface area contributed by atoms with E-state index in [0.29, 0.717) is 10.6 Å². The molecule has 0 aliphatic carbocycles. The Kier molecular flexibility index (Phi) is 5.27. The van der Waals surface area contributed by atoms with Crippen molar-refractivity contribution in [2.75, 3.05) is 6.61 Å². The van der Waals surface area contributed by atoms with Crippen LogP contribution in [0.2, 0.25) is 5.02 Å². The van der Waals surface area contributed by atoms with Gasteiger partial charge in [-0.05, 0) is 36.4 Å². The highest BCUT2D eigenvalue weighted by molar-refractivity contribution is 6.30. The van der Waals surface area contributed by atoms with Gasteiger partial charge in [-0.2, -0.15) is 0 Å². The summed E-state index contributed by atoms with van der Waals surface area (Å²) in [6.07, 6.45) is 0. The number of amides is 2. The molecule has 0 aromatic heterocycles. The van der Waals surface area contributed by atoms with Gasteiger partial charge in [0, 0.05) is 10.6 Å². The van der Waals surface area contributed by atoms with Crippen LogP contribution in [-0.2, 0) is 9.53 Å². The summed E-state index contributed by atoms with van der Waals surface area (Å²) in [6, 6.07) is 14.3. The average molecular weight is 318 g/mol. The maximum Gasteiger partial charge on any atom is 0.338 e. The largest absolute Gasteiger partial charge is 0.452 e. The summed E-state index contributed by atoms with van der Waals surface area (Å²) in [4.78, 5) is 35.0. The number of nitrogens with one attached hydrogen (secondary N) is 1. The Balaban J connectivity index is 1.84. The van der Waals surface area contributed by atoms with Crippen LogP contribution in [0, 0.1) is 0 Å². The molecule has 22 heavy (non-hydrogen) atoms. The van der Waals surface area contributed by atoms with Crippen molar-refractivity contribution in [3.8, 4) is 0 Å². The Bertz CT molecular complexity index is 683. The van der Waals surface area contributed by atoms with E-state index in [4.69, 9.17) is 16.3 Å². The van der Waals surface area contributed by atoms with Crippen molar-refractivity contribution < 1.29 is 19.1 Å². The van der Waals surface area contributed by atoms with Crippen molar-refractivity contribution in [3.63, 3.8) is 0 Å². The third-order valence-corrected chi connectivity index (χ3v) is 2.96. The van der Waals surface area contributed by atoms with E-state index < -0.39 is 24.4 Å². The lowest BCUT2D eigenvalue weighted by atomic mass is 10.2. The molecule has 5 nitrogen and oxygen atoms in total. The molecule has 2 amide bonds. The summed E-state index contributed by atoms with van der Waals surface area (Å²) in [5.74, 6) is -1.91. The third-order valence-electron chi connectivity index (χ3n) is 2.70. The molecule has 0 saturated heterocycles. The highest BCUT2D eigenvalue weighted by atomic mass is 35.5. The van der Waals surface area contributed by atoms with Crippen molar-refractivity contribution in [1.82, 2.24) is 5.32 Å². The van der Waals surface area contributed by atoms with E-state index in [-0.39, 0.29) is 5.56 Å². The fourth-order valence-electron chi connectivity index (χ4n) is 1.62. The molecule has 0 fully saturated rings. The van der Waals surface area contributed by atoms with Gasteiger partial charge in [0.05, 0.1) is 5.56 Å². The minimum Gasteiger partial charge on any atom is -0.452 e. The first-order chi connectivity index (χ1) is 10.6. The topological polar surface area (TPSA) is 72.5 Å².